The van der Waals surface area contributed by atoms with Crippen molar-refractivity contribution in [3.63, 3.8) is 0 Å². The van der Waals surface area contributed by atoms with E-state index in [0.717, 1.165) is 25.9 Å². The fourth-order valence-electron chi connectivity index (χ4n) is 2.82. The van der Waals surface area contributed by atoms with Gasteiger partial charge in [0.15, 0.2) is 0 Å². The van der Waals surface area contributed by atoms with Gasteiger partial charge in [0, 0.05) is 30.7 Å². The summed E-state index contributed by atoms with van der Waals surface area (Å²) in [5, 5.41) is 22.6. The lowest BCUT2D eigenvalue weighted by molar-refractivity contribution is 0.146. The van der Waals surface area contributed by atoms with Gasteiger partial charge in [0.25, 0.3) is 0 Å². The molecule has 0 amide bonds. The fraction of sp³-hybridized carbons (Fsp3) is 0.600. The maximum Gasteiger partial charge on any atom is 0.123 e. The molecule has 1 aliphatic rings. The summed E-state index contributed by atoms with van der Waals surface area (Å²) in [6, 6.07) is 4.26. The number of phenolic OH excluding ortho intramolecular Hbond substituents is 1. The van der Waals surface area contributed by atoms with Crippen LogP contribution in [0.5, 0.6) is 5.75 Å². The minimum atomic E-state index is -0.354. The van der Waals surface area contributed by atoms with Crippen molar-refractivity contribution in [2.24, 2.45) is 0 Å². The fourth-order valence-corrected chi connectivity index (χ4v) is 2.82. The molecule has 1 fully saturated rings. The number of halogens is 1. The van der Waals surface area contributed by atoms with Gasteiger partial charge in [-0.05, 0) is 44.5 Å². The van der Waals surface area contributed by atoms with Gasteiger partial charge >= 0.3 is 0 Å². The zero-order valence-corrected chi connectivity index (χ0v) is 11.8. The zero-order valence-electron chi connectivity index (χ0n) is 11.8. The van der Waals surface area contributed by atoms with Gasteiger partial charge in [0.05, 0.1) is 6.61 Å². The summed E-state index contributed by atoms with van der Waals surface area (Å²) in [7, 11) is 0. The number of aliphatic hydroxyl groups excluding tert-OH is 1. The Morgan fingerprint density at radius 1 is 1.50 bits per heavy atom. The molecular formula is C15H23FN2O2. The van der Waals surface area contributed by atoms with Crippen LogP contribution in [0.3, 0.4) is 0 Å². The SMILES string of the molecule is CC(c1cc(F)ccc1O)N(CCO)CC1CCCN1. The van der Waals surface area contributed by atoms with E-state index < -0.39 is 0 Å². The lowest BCUT2D eigenvalue weighted by atomic mass is 10.0. The predicted octanol–water partition coefficient (Wildman–Crippen LogP) is 1.64. The maximum atomic E-state index is 13.4. The van der Waals surface area contributed by atoms with Crippen LogP contribution in [0.4, 0.5) is 4.39 Å². The first-order chi connectivity index (χ1) is 9.61. The number of aliphatic hydroxyl groups is 1. The van der Waals surface area contributed by atoms with Crippen molar-refractivity contribution in [2.75, 3.05) is 26.2 Å². The molecular weight excluding hydrogens is 259 g/mol. The largest absolute Gasteiger partial charge is 0.508 e. The van der Waals surface area contributed by atoms with E-state index in [2.05, 4.69) is 10.2 Å². The maximum absolute atomic E-state index is 13.4. The quantitative estimate of drug-likeness (QED) is 0.742. The van der Waals surface area contributed by atoms with Crippen molar-refractivity contribution in [3.05, 3.63) is 29.6 Å². The van der Waals surface area contributed by atoms with Crippen LogP contribution in [-0.4, -0.2) is 47.4 Å². The number of benzene rings is 1. The number of phenols is 1. The lowest BCUT2D eigenvalue weighted by Gasteiger charge is -2.31. The van der Waals surface area contributed by atoms with Gasteiger partial charge in [-0.1, -0.05) is 0 Å². The number of nitrogens with one attached hydrogen (secondary N) is 1. The van der Waals surface area contributed by atoms with E-state index in [9.17, 15) is 14.6 Å². The molecule has 1 aromatic rings. The second kappa shape index (κ2) is 7.02. The number of nitrogens with zero attached hydrogens (tertiary/aromatic N) is 1. The second-order valence-electron chi connectivity index (χ2n) is 5.39. The Balaban J connectivity index is 2.12. The third-order valence-electron chi connectivity index (χ3n) is 3.99. The molecule has 4 nitrogen and oxygen atoms in total. The van der Waals surface area contributed by atoms with Gasteiger partial charge < -0.3 is 15.5 Å². The highest BCUT2D eigenvalue weighted by molar-refractivity contribution is 5.35. The Morgan fingerprint density at radius 3 is 2.95 bits per heavy atom. The van der Waals surface area contributed by atoms with Gasteiger partial charge in [-0.25, -0.2) is 4.39 Å². The van der Waals surface area contributed by atoms with Crippen LogP contribution in [-0.2, 0) is 0 Å². The minimum Gasteiger partial charge on any atom is -0.508 e. The molecule has 2 unspecified atom stereocenters. The van der Waals surface area contributed by atoms with Crippen molar-refractivity contribution in [1.29, 1.82) is 0 Å². The predicted molar refractivity (Wildman–Crippen MR) is 76.2 cm³/mol. The Bertz CT molecular complexity index is 436. The molecule has 0 bridgehead atoms. The molecule has 0 aliphatic carbocycles. The van der Waals surface area contributed by atoms with Crippen molar-refractivity contribution < 1.29 is 14.6 Å². The minimum absolute atomic E-state index is 0.0487. The topological polar surface area (TPSA) is 55.7 Å². The van der Waals surface area contributed by atoms with Crippen LogP contribution < -0.4 is 5.32 Å². The van der Waals surface area contributed by atoms with Gasteiger partial charge in [-0.15, -0.1) is 0 Å². The molecule has 5 heteroatoms. The standard InChI is InChI=1S/C15H23FN2O2/c1-11(14-9-12(16)4-5-15(14)20)18(7-8-19)10-13-3-2-6-17-13/h4-5,9,11,13,17,19-20H,2-3,6-8,10H2,1H3. The summed E-state index contributed by atoms with van der Waals surface area (Å²) in [5.41, 5.74) is 0.566. The number of rotatable bonds is 6. The molecule has 0 radical (unpaired) electrons. The summed E-state index contributed by atoms with van der Waals surface area (Å²) in [6.07, 6.45) is 2.28. The monoisotopic (exact) mass is 282 g/mol. The average Bonchev–Trinajstić information content (AvgIpc) is 2.93. The molecule has 20 heavy (non-hydrogen) atoms. The van der Waals surface area contributed by atoms with E-state index in [1.54, 1.807) is 0 Å². The molecule has 3 N–H and O–H groups in total. The summed E-state index contributed by atoms with van der Waals surface area (Å²) in [5.74, 6) is -0.256. The summed E-state index contributed by atoms with van der Waals surface area (Å²) in [6.45, 7) is 4.30. The highest BCUT2D eigenvalue weighted by Crippen LogP contribution is 2.29. The van der Waals surface area contributed by atoms with Crippen molar-refractivity contribution in [1.82, 2.24) is 10.2 Å². The van der Waals surface area contributed by atoms with Crippen molar-refractivity contribution in [2.45, 2.75) is 31.8 Å². The third kappa shape index (κ3) is 3.69. The van der Waals surface area contributed by atoms with Crippen LogP contribution in [0.1, 0.15) is 31.4 Å². The highest BCUT2D eigenvalue weighted by atomic mass is 19.1. The van der Waals surface area contributed by atoms with E-state index in [-0.39, 0.29) is 24.2 Å². The number of hydrogen-bond donors (Lipinski definition) is 3. The average molecular weight is 282 g/mol. The summed E-state index contributed by atoms with van der Waals surface area (Å²) < 4.78 is 13.4. The highest BCUT2D eigenvalue weighted by Gasteiger charge is 2.23. The first-order valence-corrected chi connectivity index (χ1v) is 7.18. The number of aromatic hydroxyl groups is 1. The van der Waals surface area contributed by atoms with Crippen LogP contribution in [0.15, 0.2) is 18.2 Å². The van der Waals surface area contributed by atoms with E-state index in [1.807, 2.05) is 6.92 Å². The Hall–Kier alpha value is -1.17. The van der Waals surface area contributed by atoms with E-state index in [0.29, 0.717) is 18.2 Å². The molecule has 2 rings (SSSR count). The van der Waals surface area contributed by atoms with Gasteiger partial charge in [-0.2, -0.15) is 0 Å². The Labute approximate surface area is 119 Å². The third-order valence-corrected chi connectivity index (χ3v) is 3.99. The Kier molecular flexibility index (Phi) is 5.34. The molecule has 112 valence electrons. The van der Waals surface area contributed by atoms with E-state index >= 15 is 0 Å². The van der Waals surface area contributed by atoms with Gasteiger partial charge in [-0.3, -0.25) is 4.90 Å². The molecule has 1 aliphatic heterocycles. The molecule has 0 spiro atoms. The van der Waals surface area contributed by atoms with Crippen LogP contribution in [0, 0.1) is 5.82 Å². The van der Waals surface area contributed by atoms with Crippen molar-refractivity contribution in [3.8, 4) is 5.75 Å². The lowest BCUT2D eigenvalue weighted by Crippen LogP contribution is -2.40. The van der Waals surface area contributed by atoms with Crippen LogP contribution in [0.25, 0.3) is 0 Å². The van der Waals surface area contributed by atoms with Crippen molar-refractivity contribution >= 4 is 0 Å². The van der Waals surface area contributed by atoms with E-state index in [1.165, 1.54) is 18.2 Å². The first kappa shape index (κ1) is 15.2. The molecule has 1 heterocycles. The Morgan fingerprint density at radius 2 is 2.30 bits per heavy atom. The van der Waals surface area contributed by atoms with E-state index in [4.69, 9.17) is 0 Å². The smallest absolute Gasteiger partial charge is 0.123 e. The zero-order chi connectivity index (χ0) is 14.5. The summed E-state index contributed by atoms with van der Waals surface area (Å²) >= 11 is 0. The van der Waals surface area contributed by atoms with Gasteiger partial charge in [0.1, 0.15) is 11.6 Å². The number of hydrogen-bond acceptors (Lipinski definition) is 4. The van der Waals surface area contributed by atoms with Crippen LogP contribution in [0.2, 0.25) is 0 Å². The molecule has 1 saturated heterocycles. The molecule has 1 aromatic carbocycles. The first-order valence-electron chi connectivity index (χ1n) is 7.18. The van der Waals surface area contributed by atoms with Gasteiger partial charge in [0.2, 0.25) is 0 Å². The summed E-state index contributed by atoms with van der Waals surface area (Å²) in [4.78, 5) is 2.08. The normalized spacial score (nSPS) is 20.5. The molecule has 2 atom stereocenters. The second-order valence-corrected chi connectivity index (χ2v) is 5.39. The molecule has 0 saturated carbocycles. The van der Waals surface area contributed by atoms with Crippen LogP contribution >= 0.6 is 0 Å². The molecule has 0 aromatic heterocycles.